The lowest BCUT2D eigenvalue weighted by Crippen LogP contribution is -2.11. The quantitative estimate of drug-likeness (QED) is 0.876. The van der Waals surface area contributed by atoms with Gasteiger partial charge in [-0.25, -0.2) is 9.78 Å². The number of rotatable bonds is 3. The molecule has 2 unspecified atom stereocenters. The molecule has 1 aromatic rings. The zero-order chi connectivity index (χ0) is 12.4. The highest BCUT2D eigenvalue weighted by Gasteiger charge is 2.27. The predicted octanol–water partition coefficient (Wildman–Crippen LogP) is 3.23. The number of aromatic carboxylic acids is 1. The van der Waals surface area contributed by atoms with Crippen LogP contribution in [0, 0.1) is 5.92 Å². The molecule has 94 valence electrons. The summed E-state index contributed by atoms with van der Waals surface area (Å²) in [6, 6.07) is 0. The Bertz CT molecular complexity index is 411. The molecule has 0 spiro atoms. The Kier molecular flexibility index (Phi) is 3.50. The van der Waals surface area contributed by atoms with E-state index in [9.17, 15) is 4.79 Å². The van der Waals surface area contributed by atoms with Crippen molar-refractivity contribution in [2.45, 2.75) is 51.9 Å². The molecule has 17 heavy (non-hydrogen) atoms. The summed E-state index contributed by atoms with van der Waals surface area (Å²) >= 11 is 0. The van der Waals surface area contributed by atoms with Crippen LogP contribution in [0.3, 0.4) is 0 Å². The van der Waals surface area contributed by atoms with Crippen LogP contribution < -0.4 is 0 Å². The fourth-order valence-electron chi connectivity index (χ4n) is 2.61. The van der Waals surface area contributed by atoms with Gasteiger partial charge in [-0.05, 0) is 25.2 Å². The second kappa shape index (κ2) is 4.90. The molecule has 1 fully saturated rings. The fourth-order valence-corrected chi connectivity index (χ4v) is 2.61. The van der Waals surface area contributed by atoms with Crippen LogP contribution in [0.2, 0.25) is 0 Å². The second-order valence-corrected chi connectivity index (χ2v) is 4.96. The van der Waals surface area contributed by atoms with Crippen LogP contribution in [-0.4, -0.2) is 16.1 Å². The number of hydrogen-bond acceptors (Lipinski definition) is 3. The van der Waals surface area contributed by atoms with E-state index in [2.05, 4.69) is 11.9 Å². The van der Waals surface area contributed by atoms with Gasteiger partial charge in [0.15, 0.2) is 5.89 Å². The van der Waals surface area contributed by atoms with Gasteiger partial charge in [-0.2, -0.15) is 0 Å². The lowest BCUT2D eigenvalue weighted by molar-refractivity contribution is 0.0657. The Morgan fingerprint density at radius 1 is 1.53 bits per heavy atom. The normalized spacial score (nSPS) is 24.8. The minimum Gasteiger partial charge on any atom is -0.475 e. The van der Waals surface area contributed by atoms with Gasteiger partial charge < -0.3 is 9.52 Å². The molecule has 0 bridgehead atoms. The Balaban J connectivity index is 2.23. The minimum absolute atomic E-state index is 0.0285. The van der Waals surface area contributed by atoms with Crippen molar-refractivity contribution in [1.29, 1.82) is 0 Å². The van der Waals surface area contributed by atoms with Crippen molar-refractivity contribution < 1.29 is 14.3 Å². The average Bonchev–Trinajstić information content (AvgIpc) is 2.73. The molecular weight excluding hydrogens is 218 g/mol. The highest BCUT2D eigenvalue weighted by Crippen LogP contribution is 2.36. The summed E-state index contributed by atoms with van der Waals surface area (Å²) in [5.74, 6) is 0.632. The Morgan fingerprint density at radius 2 is 2.29 bits per heavy atom. The molecule has 1 N–H and O–H groups in total. The highest BCUT2D eigenvalue weighted by atomic mass is 16.4. The van der Waals surface area contributed by atoms with Gasteiger partial charge in [0.1, 0.15) is 0 Å². The summed E-state index contributed by atoms with van der Waals surface area (Å²) in [5, 5.41) is 9.03. The van der Waals surface area contributed by atoms with Crippen molar-refractivity contribution in [2.75, 3.05) is 0 Å². The number of aryl methyl sites for hydroxylation is 1. The van der Waals surface area contributed by atoms with Crippen LogP contribution in [0.5, 0.6) is 0 Å². The number of nitrogens with zero attached hydrogens (tertiary/aromatic N) is 1. The first kappa shape index (κ1) is 12.1. The molecule has 1 aliphatic rings. The van der Waals surface area contributed by atoms with Crippen LogP contribution in [0.1, 0.15) is 67.6 Å². The SMILES string of the molecule is CCc1nc(C2CCCC(C)C2)oc1C(=O)O. The first-order valence-electron chi connectivity index (χ1n) is 6.34. The van der Waals surface area contributed by atoms with Gasteiger partial charge in [0.05, 0.1) is 5.69 Å². The number of aromatic nitrogens is 1. The maximum atomic E-state index is 11.0. The van der Waals surface area contributed by atoms with Gasteiger partial charge in [-0.15, -0.1) is 0 Å². The lowest BCUT2D eigenvalue weighted by atomic mass is 9.82. The smallest absolute Gasteiger partial charge is 0.373 e. The largest absolute Gasteiger partial charge is 0.475 e. The van der Waals surface area contributed by atoms with E-state index in [0.29, 0.717) is 29.8 Å². The monoisotopic (exact) mass is 237 g/mol. The maximum Gasteiger partial charge on any atom is 0.373 e. The summed E-state index contributed by atoms with van der Waals surface area (Å²) in [6.45, 7) is 4.13. The van der Waals surface area contributed by atoms with Crippen molar-refractivity contribution in [3.63, 3.8) is 0 Å². The number of hydrogen-bond donors (Lipinski definition) is 1. The molecule has 1 saturated carbocycles. The lowest BCUT2D eigenvalue weighted by Gasteiger charge is -2.24. The summed E-state index contributed by atoms with van der Waals surface area (Å²) in [4.78, 5) is 15.4. The summed E-state index contributed by atoms with van der Waals surface area (Å²) in [5.41, 5.74) is 0.575. The van der Waals surface area contributed by atoms with Gasteiger partial charge in [0.25, 0.3) is 0 Å². The molecule has 4 nitrogen and oxygen atoms in total. The summed E-state index contributed by atoms with van der Waals surface area (Å²) in [6.07, 6.45) is 5.16. The third-order valence-corrected chi connectivity index (χ3v) is 3.53. The molecule has 4 heteroatoms. The van der Waals surface area contributed by atoms with E-state index >= 15 is 0 Å². The molecule has 0 saturated heterocycles. The van der Waals surface area contributed by atoms with Gasteiger partial charge in [0, 0.05) is 5.92 Å². The summed E-state index contributed by atoms with van der Waals surface area (Å²) < 4.78 is 5.44. The van der Waals surface area contributed by atoms with Crippen molar-refractivity contribution >= 4 is 5.97 Å². The molecule has 2 atom stereocenters. The van der Waals surface area contributed by atoms with Crippen molar-refractivity contribution in [3.05, 3.63) is 17.3 Å². The van der Waals surface area contributed by atoms with Crippen LogP contribution in [0.25, 0.3) is 0 Å². The van der Waals surface area contributed by atoms with Gasteiger partial charge in [-0.1, -0.05) is 26.7 Å². The van der Waals surface area contributed by atoms with E-state index in [-0.39, 0.29) is 5.76 Å². The first-order chi connectivity index (χ1) is 8.11. The van der Waals surface area contributed by atoms with Crippen molar-refractivity contribution in [2.24, 2.45) is 5.92 Å². The van der Waals surface area contributed by atoms with E-state index in [0.717, 1.165) is 12.8 Å². The van der Waals surface area contributed by atoms with E-state index in [1.54, 1.807) is 0 Å². The summed E-state index contributed by atoms with van der Waals surface area (Å²) in [7, 11) is 0. The average molecular weight is 237 g/mol. The van der Waals surface area contributed by atoms with Crippen LogP contribution in [0.4, 0.5) is 0 Å². The number of oxazole rings is 1. The molecule has 0 aliphatic heterocycles. The maximum absolute atomic E-state index is 11.0. The Morgan fingerprint density at radius 3 is 2.82 bits per heavy atom. The van der Waals surface area contributed by atoms with Crippen molar-refractivity contribution in [3.8, 4) is 0 Å². The van der Waals surface area contributed by atoms with Crippen molar-refractivity contribution in [1.82, 2.24) is 4.98 Å². The minimum atomic E-state index is -1.01. The number of carboxylic acid groups (broad SMARTS) is 1. The molecule has 0 aromatic carbocycles. The van der Waals surface area contributed by atoms with Gasteiger partial charge >= 0.3 is 5.97 Å². The molecular formula is C13H19NO3. The molecule has 0 amide bonds. The van der Waals surface area contributed by atoms with Crippen LogP contribution in [0.15, 0.2) is 4.42 Å². The highest BCUT2D eigenvalue weighted by molar-refractivity contribution is 5.85. The standard InChI is InChI=1S/C13H19NO3/c1-3-10-11(13(15)16)17-12(14-10)9-6-4-5-8(2)7-9/h8-9H,3-7H2,1-2H3,(H,15,16). The van der Waals surface area contributed by atoms with Crippen LogP contribution in [-0.2, 0) is 6.42 Å². The second-order valence-electron chi connectivity index (χ2n) is 4.96. The van der Waals surface area contributed by atoms with Crippen LogP contribution >= 0.6 is 0 Å². The molecule has 1 heterocycles. The predicted molar refractivity (Wildman–Crippen MR) is 63.2 cm³/mol. The molecule has 0 radical (unpaired) electrons. The molecule has 1 aliphatic carbocycles. The number of carboxylic acids is 1. The van der Waals surface area contributed by atoms with E-state index in [4.69, 9.17) is 9.52 Å². The first-order valence-corrected chi connectivity index (χ1v) is 6.34. The molecule has 2 rings (SSSR count). The zero-order valence-electron chi connectivity index (χ0n) is 10.4. The topological polar surface area (TPSA) is 63.3 Å². The van der Waals surface area contributed by atoms with Gasteiger partial charge in [-0.3, -0.25) is 0 Å². The Hall–Kier alpha value is -1.32. The van der Waals surface area contributed by atoms with E-state index < -0.39 is 5.97 Å². The van der Waals surface area contributed by atoms with E-state index in [1.807, 2.05) is 6.92 Å². The Labute approximate surface area is 101 Å². The fraction of sp³-hybridized carbons (Fsp3) is 0.692. The third-order valence-electron chi connectivity index (χ3n) is 3.53. The molecule has 1 aromatic heterocycles. The van der Waals surface area contributed by atoms with Gasteiger partial charge in [0.2, 0.25) is 5.76 Å². The third kappa shape index (κ3) is 2.51. The van der Waals surface area contributed by atoms with E-state index in [1.165, 1.54) is 12.8 Å². The zero-order valence-corrected chi connectivity index (χ0v) is 10.4. The number of carbonyl (C=O) groups is 1.